The Balaban J connectivity index is 1.67. The molecule has 0 aliphatic carbocycles. The van der Waals surface area contributed by atoms with Crippen molar-refractivity contribution in [3.05, 3.63) is 59.7 Å². The third-order valence-electron chi connectivity index (χ3n) is 3.40. The summed E-state index contributed by atoms with van der Waals surface area (Å²) in [6.07, 6.45) is 2.45. The predicted molar refractivity (Wildman–Crippen MR) is 79.0 cm³/mol. The van der Waals surface area contributed by atoms with Gasteiger partial charge in [0.2, 0.25) is 5.91 Å². The van der Waals surface area contributed by atoms with Gasteiger partial charge in [0, 0.05) is 5.69 Å². The number of fused-ring (bicyclic) bond motifs is 1. The Hall–Kier alpha value is -2.29. The lowest BCUT2D eigenvalue weighted by Gasteiger charge is -2.18. The van der Waals surface area contributed by atoms with Gasteiger partial charge in [0.1, 0.15) is 5.75 Å². The van der Waals surface area contributed by atoms with Crippen LogP contribution < -0.4 is 10.1 Å². The molecule has 0 aromatic heterocycles. The van der Waals surface area contributed by atoms with Crippen LogP contribution in [0.25, 0.3) is 0 Å². The van der Waals surface area contributed by atoms with Gasteiger partial charge in [-0.2, -0.15) is 0 Å². The van der Waals surface area contributed by atoms with Gasteiger partial charge in [0.15, 0.2) is 0 Å². The number of hydrogen-bond donors (Lipinski definition) is 1. The first-order valence-corrected chi connectivity index (χ1v) is 6.91. The molecule has 0 unspecified atom stereocenters. The molecule has 3 rings (SSSR count). The molecule has 3 heteroatoms. The summed E-state index contributed by atoms with van der Waals surface area (Å²) in [6.45, 7) is 0.784. The average molecular weight is 267 g/mol. The quantitative estimate of drug-likeness (QED) is 0.927. The van der Waals surface area contributed by atoms with Crippen molar-refractivity contribution in [1.29, 1.82) is 0 Å². The van der Waals surface area contributed by atoms with E-state index >= 15 is 0 Å². The predicted octanol–water partition coefficient (Wildman–Crippen LogP) is 3.19. The number of aryl methyl sites for hydroxylation is 1. The summed E-state index contributed by atoms with van der Waals surface area (Å²) in [5, 5.41) is 2.95. The maximum Gasteiger partial charge on any atom is 0.228 e. The number of ether oxygens (including phenoxy) is 1. The van der Waals surface area contributed by atoms with Crippen molar-refractivity contribution in [2.75, 3.05) is 11.9 Å². The Labute approximate surface area is 118 Å². The summed E-state index contributed by atoms with van der Waals surface area (Å²) in [4.78, 5) is 12.0. The molecule has 0 bridgehead atoms. The molecule has 20 heavy (non-hydrogen) atoms. The van der Waals surface area contributed by atoms with Crippen LogP contribution >= 0.6 is 0 Å². The minimum atomic E-state index is 0.00729. The molecule has 0 atom stereocenters. The van der Waals surface area contributed by atoms with E-state index in [1.165, 1.54) is 5.56 Å². The zero-order chi connectivity index (χ0) is 13.8. The minimum Gasteiger partial charge on any atom is -0.493 e. The number of carbonyl (C=O) groups is 1. The van der Waals surface area contributed by atoms with Crippen molar-refractivity contribution in [3.8, 4) is 5.75 Å². The molecule has 1 aliphatic heterocycles. The van der Waals surface area contributed by atoms with E-state index in [0.29, 0.717) is 6.42 Å². The van der Waals surface area contributed by atoms with Crippen LogP contribution in [0.15, 0.2) is 48.5 Å². The van der Waals surface area contributed by atoms with Crippen molar-refractivity contribution in [1.82, 2.24) is 0 Å². The van der Waals surface area contributed by atoms with Crippen molar-refractivity contribution in [2.45, 2.75) is 19.3 Å². The molecule has 1 heterocycles. The largest absolute Gasteiger partial charge is 0.493 e. The van der Waals surface area contributed by atoms with Crippen molar-refractivity contribution < 1.29 is 9.53 Å². The summed E-state index contributed by atoms with van der Waals surface area (Å²) < 4.78 is 5.57. The zero-order valence-electron chi connectivity index (χ0n) is 11.3. The number of amides is 1. The summed E-state index contributed by atoms with van der Waals surface area (Å²) in [5.74, 6) is 0.949. The summed E-state index contributed by atoms with van der Waals surface area (Å²) in [5.41, 5.74) is 3.04. The van der Waals surface area contributed by atoms with Crippen molar-refractivity contribution >= 4 is 11.6 Å². The van der Waals surface area contributed by atoms with Crippen LogP contribution in [-0.2, 0) is 17.6 Å². The van der Waals surface area contributed by atoms with Crippen molar-refractivity contribution in [2.24, 2.45) is 0 Å². The molecule has 0 fully saturated rings. The van der Waals surface area contributed by atoms with Gasteiger partial charge >= 0.3 is 0 Å². The molecule has 1 amide bonds. The zero-order valence-corrected chi connectivity index (χ0v) is 11.3. The Kier molecular flexibility index (Phi) is 3.68. The monoisotopic (exact) mass is 267 g/mol. The highest BCUT2D eigenvalue weighted by Crippen LogP contribution is 2.27. The van der Waals surface area contributed by atoms with Crippen LogP contribution in [0, 0.1) is 0 Å². The van der Waals surface area contributed by atoms with E-state index in [9.17, 15) is 4.79 Å². The van der Waals surface area contributed by atoms with E-state index in [1.807, 2.05) is 48.5 Å². The van der Waals surface area contributed by atoms with E-state index < -0.39 is 0 Å². The van der Waals surface area contributed by atoms with Crippen LogP contribution in [0.3, 0.4) is 0 Å². The van der Waals surface area contributed by atoms with Crippen LogP contribution in [-0.4, -0.2) is 12.5 Å². The number of rotatable bonds is 3. The highest BCUT2D eigenvalue weighted by atomic mass is 16.5. The van der Waals surface area contributed by atoms with Gasteiger partial charge in [-0.3, -0.25) is 4.79 Å². The molecule has 1 N–H and O–H groups in total. The summed E-state index contributed by atoms with van der Waals surface area (Å²) in [7, 11) is 0. The Bertz CT molecular complexity index is 608. The van der Waals surface area contributed by atoms with Gasteiger partial charge in [-0.1, -0.05) is 30.3 Å². The number of anilines is 1. The first-order chi connectivity index (χ1) is 9.81. The fourth-order valence-corrected chi connectivity index (χ4v) is 2.42. The molecule has 2 aromatic carbocycles. The van der Waals surface area contributed by atoms with Gasteiger partial charge in [0.25, 0.3) is 0 Å². The van der Waals surface area contributed by atoms with E-state index in [4.69, 9.17) is 4.74 Å². The molecular weight excluding hydrogens is 250 g/mol. The van der Waals surface area contributed by atoms with Gasteiger partial charge < -0.3 is 10.1 Å². The van der Waals surface area contributed by atoms with Crippen LogP contribution in [0.4, 0.5) is 5.69 Å². The fourth-order valence-electron chi connectivity index (χ4n) is 2.42. The Morgan fingerprint density at radius 3 is 2.85 bits per heavy atom. The Morgan fingerprint density at radius 2 is 2.00 bits per heavy atom. The third-order valence-corrected chi connectivity index (χ3v) is 3.40. The van der Waals surface area contributed by atoms with Gasteiger partial charge in [-0.05, 0) is 42.2 Å². The molecule has 0 radical (unpaired) electrons. The van der Waals surface area contributed by atoms with E-state index in [0.717, 1.165) is 36.4 Å². The normalized spacial score (nSPS) is 13.2. The molecular formula is C17H17NO2. The third kappa shape index (κ3) is 2.99. The maximum absolute atomic E-state index is 12.0. The molecule has 0 saturated carbocycles. The molecule has 102 valence electrons. The number of benzene rings is 2. The number of nitrogens with one attached hydrogen (secondary N) is 1. The second-order valence-electron chi connectivity index (χ2n) is 4.99. The lowest BCUT2D eigenvalue weighted by molar-refractivity contribution is -0.115. The SMILES string of the molecule is O=C(Cc1ccccc1)Nc1ccc2c(c1)CCCO2. The van der Waals surface area contributed by atoms with E-state index in [2.05, 4.69) is 5.32 Å². The van der Waals surface area contributed by atoms with E-state index in [1.54, 1.807) is 0 Å². The van der Waals surface area contributed by atoms with Crippen LogP contribution in [0.5, 0.6) is 5.75 Å². The van der Waals surface area contributed by atoms with Gasteiger partial charge in [0.05, 0.1) is 13.0 Å². The number of hydrogen-bond acceptors (Lipinski definition) is 2. The second kappa shape index (κ2) is 5.78. The molecule has 1 aliphatic rings. The lowest BCUT2D eigenvalue weighted by Crippen LogP contribution is -2.15. The molecule has 0 spiro atoms. The van der Waals surface area contributed by atoms with Crippen molar-refractivity contribution in [3.63, 3.8) is 0 Å². The minimum absolute atomic E-state index is 0.00729. The molecule has 2 aromatic rings. The standard InChI is InChI=1S/C17H17NO2/c19-17(11-13-5-2-1-3-6-13)18-15-8-9-16-14(12-15)7-4-10-20-16/h1-3,5-6,8-9,12H,4,7,10-11H2,(H,18,19). The van der Waals surface area contributed by atoms with Crippen LogP contribution in [0.1, 0.15) is 17.5 Å². The second-order valence-corrected chi connectivity index (χ2v) is 4.99. The van der Waals surface area contributed by atoms with E-state index in [-0.39, 0.29) is 5.91 Å². The maximum atomic E-state index is 12.0. The first kappa shape index (κ1) is 12.7. The van der Waals surface area contributed by atoms with Gasteiger partial charge in [-0.25, -0.2) is 0 Å². The molecule has 3 nitrogen and oxygen atoms in total. The Morgan fingerprint density at radius 1 is 1.15 bits per heavy atom. The number of carbonyl (C=O) groups excluding carboxylic acids is 1. The summed E-state index contributed by atoms with van der Waals surface area (Å²) in [6, 6.07) is 15.6. The highest BCUT2D eigenvalue weighted by Gasteiger charge is 2.11. The smallest absolute Gasteiger partial charge is 0.228 e. The fraction of sp³-hybridized carbons (Fsp3) is 0.235. The topological polar surface area (TPSA) is 38.3 Å². The highest BCUT2D eigenvalue weighted by molar-refractivity contribution is 5.92. The summed E-state index contributed by atoms with van der Waals surface area (Å²) >= 11 is 0. The molecule has 0 saturated heterocycles. The first-order valence-electron chi connectivity index (χ1n) is 6.91. The average Bonchev–Trinajstić information content (AvgIpc) is 2.48. The van der Waals surface area contributed by atoms with Gasteiger partial charge in [-0.15, -0.1) is 0 Å². The lowest BCUT2D eigenvalue weighted by atomic mass is 10.1. The van der Waals surface area contributed by atoms with Crippen LogP contribution in [0.2, 0.25) is 0 Å².